The van der Waals surface area contributed by atoms with Gasteiger partial charge in [-0.15, -0.1) is 0 Å². The number of likely N-dealkylation sites (tertiary alicyclic amines) is 1. The number of halogens is 2. The maximum absolute atomic E-state index is 14.0. The minimum absolute atomic E-state index is 0.0236. The normalized spacial score (nSPS) is 30.1. The Morgan fingerprint density at radius 3 is 2.74 bits per heavy atom. The molecule has 4 nitrogen and oxygen atoms in total. The summed E-state index contributed by atoms with van der Waals surface area (Å²) in [6.45, 7) is 2.17. The first-order chi connectivity index (χ1) is 10.9. The highest BCUT2D eigenvalue weighted by molar-refractivity contribution is 6.31. The van der Waals surface area contributed by atoms with Crippen LogP contribution in [0.3, 0.4) is 0 Å². The monoisotopic (exact) mass is 339 g/mol. The van der Waals surface area contributed by atoms with E-state index in [0.717, 1.165) is 0 Å². The number of piperidine rings is 1. The summed E-state index contributed by atoms with van der Waals surface area (Å²) < 4.78 is 14.0. The molecule has 1 heterocycles. The second kappa shape index (κ2) is 6.11. The average molecular weight is 340 g/mol. The molecule has 0 radical (unpaired) electrons. The van der Waals surface area contributed by atoms with Crippen LogP contribution >= 0.6 is 11.6 Å². The van der Waals surface area contributed by atoms with Crippen LogP contribution in [0.4, 0.5) is 4.39 Å². The molecule has 2 fully saturated rings. The lowest BCUT2D eigenvalue weighted by atomic mass is 9.93. The van der Waals surface area contributed by atoms with E-state index >= 15 is 0 Å². The van der Waals surface area contributed by atoms with Crippen LogP contribution in [0, 0.1) is 17.7 Å². The van der Waals surface area contributed by atoms with Crippen molar-refractivity contribution in [1.29, 1.82) is 0 Å². The Kier molecular flexibility index (Phi) is 4.32. The molecule has 4 atom stereocenters. The van der Waals surface area contributed by atoms with Crippen LogP contribution in [0.15, 0.2) is 18.2 Å². The number of hydrogen-bond donors (Lipinski definition) is 1. The first-order valence-electron chi connectivity index (χ1n) is 7.87. The lowest BCUT2D eigenvalue weighted by molar-refractivity contribution is -0.147. The van der Waals surface area contributed by atoms with Crippen LogP contribution in [0.5, 0.6) is 0 Å². The van der Waals surface area contributed by atoms with Crippen molar-refractivity contribution in [3.8, 4) is 0 Å². The fourth-order valence-corrected chi connectivity index (χ4v) is 3.78. The van der Waals surface area contributed by atoms with E-state index in [1.807, 2.05) is 6.92 Å². The van der Waals surface area contributed by atoms with Gasteiger partial charge in [0.15, 0.2) is 0 Å². The van der Waals surface area contributed by atoms with Gasteiger partial charge in [-0.2, -0.15) is 0 Å². The summed E-state index contributed by atoms with van der Waals surface area (Å²) in [6.07, 6.45) is 1.84. The number of amides is 1. The van der Waals surface area contributed by atoms with E-state index in [1.54, 1.807) is 17.0 Å². The lowest BCUT2D eigenvalue weighted by Gasteiger charge is -2.36. The minimum Gasteiger partial charge on any atom is -0.481 e. The standard InChI is InChI=1S/C17H19ClFNO3/c1-9-5-6-10(17(22)23)8-20(9)16(21)12-7-11(12)15-13(18)3-2-4-14(15)19/h2-4,9-12H,5-8H2,1H3,(H,22,23). The summed E-state index contributed by atoms with van der Waals surface area (Å²) in [5.41, 5.74) is 0.409. The smallest absolute Gasteiger partial charge is 0.308 e. The van der Waals surface area contributed by atoms with Gasteiger partial charge in [0.1, 0.15) is 5.82 Å². The zero-order valence-electron chi connectivity index (χ0n) is 12.8. The fourth-order valence-electron chi connectivity index (χ4n) is 3.48. The van der Waals surface area contributed by atoms with E-state index in [-0.39, 0.29) is 36.1 Å². The number of carboxylic acids is 1. The minimum atomic E-state index is -0.862. The molecule has 23 heavy (non-hydrogen) atoms. The third-order valence-electron chi connectivity index (χ3n) is 4.99. The Labute approximate surface area is 139 Å². The molecule has 1 aromatic rings. The molecule has 1 saturated carbocycles. The topological polar surface area (TPSA) is 57.6 Å². The molecule has 4 unspecified atom stereocenters. The molecule has 0 spiro atoms. The Morgan fingerprint density at radius 1 is 1.35 bits per heavy atom. The molecule has 6 heteroatoms. The molecule has 2 aliphatic rings. The van der Waals surface area contributed by atoms with Gasteiger partial charge in [-0.25, -0.2) is 4.39 Å². The molecule has 0 aromatic heterocycles. The van der Waals surface area contributed by atoms with Crippen molar-refractivity contribution in [2.24, 2.45) is 11.8 Å². The van der Waals surface area contributed by atoms with Crippen LogP contribution in [0.2, 0.25) is 5.02 Å². The van der Waals surface area contributed by atoms with Gasteiger partial charge in [0.2, 0.25) is 5.91 Å². The van der Waals surface area contributed by atoms with Crippen LogP contribution < -0.4 is 0 Å². The first kappa shape index (κ1) is 16.2. The molecule has 1 N–H and O–H groups in total. The third-order valence-corrected chi connectivity index (χ3v) is 5.32. The van der Waals surface area contributed by atoms with Crippen molar-refractivity contribution >= 4 is 23.5 Å². The summed E-state index contributed by atoms with van der Waals surface area (Å²) in [4.78, 5) is 25.6. The maximum Gasteiger partial charge on any atom is 0.308 e. The average Bonchev–Trinajstić information content (AvgIpc) is 3.27. The molecule has 124 valence electrons. The van der Waals surface area contributed by atoms with Crippen molar-refractivity contribution in [1.82, 2.24) is 4.90 Å². The molecule has 1 aliphatic heterocycles. The lowest BCUT2D eigenvalue weighted by Crippen LogP contribution is -2.48. The van der Waals surface area contributed by atoms with Crippen LogP contribution in [0.25, 0.3) is 0 Å². The van der Waals surface area contributed by atoms with Crippen LogP contribution in [0.1, 0.15) is 37.7 Å². The zero-order valence-corrected chi connectivity index (χ0v) is 13.6. The summed E-state index contributed by atoms with van der Waals surface area (Å²) in [7, 11) is 0. The Morgan fingerprint density at radius 2 is 2.09 bits per heavy atom. The van der Waals surface area contributed by atoms with Gasteiger partial charge in [-0.1, -0.05) is 17.7 Å². The number of aliphatic carboxylic acids is 1. The number of rotatable bonds is 3. The maximum atomic E-state index is 14.0. The molecular weight excluding hydrogens is 321 g/mol. The van der Waals surface area contributed by atoms with Crippen LogP contribution in [-0.4, -0.2) is 34.5 Å². The van der Waals surface area contributed by atoms with Gasteiger partial charge in [0, 0.05) is 35.0 Å². The largest absolute Gasteiger partial charge is 0.481 e. The number of benzene rings is 1. The van der Waals surface area contributed by atoms with Crippen molar-refractivity contribution in [3.63, 3.8) is 0 Å². The first-order valence-corrected chi connectivity index (χ1v) is 8.25. The van der Waals surface area contributed by atoms with Gasteiger partial charge in [0.25, 0.3) is 0 Å². The molecule has 1 amide bonds. The molecule has 1 aliphatic carbocycles. The van der Waals surface area contributed by atoms with E-state index in [4.69, 9.17) is 11.6 Å². The number of carbonyl (C=O) groups is 2. The Bertz CT molecular complexity index is 630. The van der Waals surface area contributed by atoms with Gasteiger partial charge in [-0.3, -0.25) is 9.59 Å². The second-order valence-corrected chi connectivity index (χ2v) is 6.94. The summed E-state index contributed by atoms with van der Waals surface area (Å²) >= 11 is 6.07. The predicted octanol–water partition coefficient (Wildman–Crippen LogP) is 3.29. The van der Waals surface area contributed by atoms with E-state index < -0.39 is 11.9 Å². The Balaban J connectivity index is 1.73. The van der Waals surface area contributed by atoms with Crippen molar-refractivity contribution in [2.75, 3.05) is 6.54 Å². The Hall–Kier alpha value is -1.62. The van der Waals surface area contributed by atoms with Crippen molar-refractivity contribution < 1.29 is 19.1 Å². The number of carboxylic acid groups (broad SMARTS) is 1. The van der Waals surface area contributed by atoms with Crippen LogP contribution in [-0.2, 0) is 9.59 Å². The molecule has 0 bridgehead atoms. The second-order valence-electron chi connectivity index (χ2n) is 6.54. The summed E-state index contributed by atoms with van der Waals surface area (Å²) in [6, 6.07) is 4.55. The summed E-state index contributed by atoms with van der Waals surface area (Å²) in [5, 5.41) is 9.52. The van der Waals surface area contributed by atoms with Gasteiger partial charge in [0.05, 0.1) is 5.92 Å². The highest BCUT2D eigenvalue weighted by Gasteiger charge is 2.49. The van der Waals surface area contributed by atoms with E-state index in [0.29, 0.717) is 29.8 Å². The molecular formula is C17H19ClFNO3. The van der Waals surface area contributed by atoms with Crippen molar-refractivity contribution in [3.05, 3.63) is 34.6 Å². The van der Waals surface area contributed by atoms with Gasteiger partial charge in [-0.05, 0) is 38.3 Å². The quantitative estimate of drug-likeness (QED) is 0.919. The van der Waals surface area contributed by atoms with Crippen molar-refractivity contribution in [2.45, 2.75) is 38.1 Å². The van der Waals surface area contributed by atoms with E-state index in [2.05, 4.69) is 0 Å². The highest BCUT2D eigenvalue weighted by atomic mass is 35.5. The number of nitrogens with zero attached hydrogens (tertiary/aromatic N) is 1. The molecule has 1 saturated heterocycles. The number of hydrogen-bond acceptors (Lipinski definition) is 2. The molecule has 1 aromatic carbocycles. The fraction of sp³-hybridized carbons (Fsp3) is 0.529. The third kappa shape index (κ3) is 3.07. The van der Waals surface area contributed by atoms with Gasteiger partial charge >= 0.3 is 5.97 Å². The number of carbonyl (C=O) groups excluding carboxylic acids is 1. The van der Waals surface area contributed by atoms with Gasteiger partial charge < -0.3 is 10.0 Å². The van der Waals surface area contributed by atoms with E-state index in [1.165, 1.54) is 6.07 Å². The molecule has 3 rings (SSSR count). The zero-order chi connectivity index (χ0) is 16.7. The van der Waals surface area contributed by atoms with E-state index in [9.17, 15) is 19.1 Å². The predicted molar refractivity (Wildman–Crippen MR) is 83.8 cm³/mol. The summed E-state index contributed by atoms with van der Waals surface area (Å²) in [5.74, 6) is -2.32. The SMILES string of the molecule is CC1CCC(C(=O)O)CN1C(=O)C1CC1c1c(F)cccc1Cl. The highest BCUT2D eigenvalue weighted by Crippen LogP contribution is 2.51.